The van der Waals surface area contributed by atoms with Gasteiger partial charge in [-0.2, -0.15) is 0 Å². The monoisotopic (exact) mass is 318 g/mol. The van der Waals surface area contributed by atoms with Crippen molar-refractivity contribution in [2.24, 2.45) is 11.8 Å². The van der Waals surface area contributed by atoms with Crippen LogP contribution in [0.4, 0.5) is 0 Å². The second kappa shape index (κ2) is 6.71. The van der Waals surface area contributed by atoms with Crippen LogP contribution in [0.5, 0.6) is 0 Å². The van der Waals surface area contributed by atoms with Gasteiger partial charge in [0.15, 0.2) is 5.79 Å². The highest BCUT2D eigenvalue weighted by Gasteiger charge is 2.67. The zero-order chi connectivity index (χ0) is 16.5. The SMILES string of the molecule is CC(C)COC12CCC(OCC(C)C)(C(CO)O1)C(O)C2O. The van der Waals surface area contributed by atoms with Crippen LogP contribution in [0.15, 0.2) is 0 Å². The van der Waals surface area contributed by atoms with Gasteiger partial charge in [-0.05, 0) is 18.3 Å². The van der Waals surface area contributed by atoms with Gasteiger partial charge in [0.2, 0.25) is 0 Å². The Morgan fingerprint density at radius 2 is 1.59 bits per heavy atom. The lowest BCUT2D eigenvalue weighted by atomic mass is 9.70. The Morgan fingerprint density at radius 1 is 1.00 bits per heavy atom. The summed E-state index contributed by atoms with van der Waals surface area (Å²) < 4.78 is 17.6. The summed E-state index contributed by atoms with van der Waals surface area (Å²) in [5.74, 6) is -0.690. The number of aliphatic hydroxyl groups excluding tert-OH is 3. The van der Waals surface area contributed by atoms with Gasteiger partial charge < -0.3 is 29.5 Å². The Balaban J connectivity index is 2.20. The summed E-state index contributed by atoms with van der Waals surface area (Å²) in [6.07, 6.45) is -2.10. The molecule has 3 aliphatic rings. The third-order valence-electron chi connectivity index (χ3n) is 4.51. The van der Waals surface area contributed by atoms with E-state index in [1.807, 2.05) is 27.7 Å². The van der Waals surface area contributed by atoms with Crippen LogP contribution in [0.1, 0.15) is 40.5 Å². The van der Waals surface area contributed by atoms with E-state index in [0.717, 1.165) is 0 Å². The first-order chi connectivity index (χ1) is 10.3. The highest BCUT2D eigenvalue weighted by Crippen LogP contribution is 2.50. The Kier molecular flexibility index (Phi) is 5.52. The molecule has 0 aromatic heterocycles. The van der Waals surface area contributed by atoms with Gasteiger partial charge in [-0.3, -0.25) is 0 Å². The highest BCUT2D eigenvalue weighted by atomic mass is 16.7. The van der Waals surface area contributed by atoms with Gasteiger partial charge in [0.05, 0.1) is 13.2 Å². The molecule has 1 saturated carbocycles. The molecule has 2 heterocycles. The van der Waals surface area contributed by atoms with Crippen LogP contribution in [0.2, 0.25) is 0 Å². The standard InChI is InChI=1S/C16H30O6/c1-10(2)8-20-15-5-6-16(14(19)13(15)18,21-9-11(3)4)22-12(15)7-17/h10-14,17-19H,5-9H2,1-4H3. The van der Waals surface area contributed by atoms with Gasteiger partial charge in [0.1, 0.15) is 23.9 Å². The van der Waals surface area contributed by atoms with E-state index in [2.05, 4.69) is 0 Å². The fourth-order valence-electron chi connectivity index (χ4n) is 3.26. The Hall–Kier alpha value is -0.240. The summed E-state index contributed by atoms with van der Waals surface area (Å²) in [6, 6.07) is 0. The van der Waals surface area contributed by atoms with Gasteiger partial charge in [-0.15, -0.1) is 0 Å². The normalized spacial score (nSPS) is 41.6. The summed E-state index contributed by atoms with van der Waals surface area (Å²) >= 11 is 0. The molecular formula is C16H30O6. The van der Waals surface area contributed by atoms with Crippen LogP contribution < -0.4 is 0 Å². The van der Waals surface area contributed by atoms with Gasteiger partial charge in [-0.25, -0.2) is 0 Å². The van der Waals surface area contributed by atoms with Crippen molar-refractivity contribution in [2.45, 2.75) is 70.2 Å². The molecule has 2 bridgehead atoms. The molecule has 2 saturated heterocycles. The van der Waals surface area contributed by atoms with Crippen LogP contribution in [0, 0.1) is 11.8 Å². The molecule has 3 N–H and O–H groups in total. The molecule has 5 atom stereocenters. The molecule has 0 aromatic rings. The van der Waals surface area contributed by atoms with Crippen molar-refractivity contribution in [1.82, 2.24) is 0 Å². The summed E-state index contributed by atoms with van der Waals surface area (Å²) in [7, 11) is 0. The first kappa shape index (κ1) is 18.1. The Bertz CT molecular complexity index is 370. The van der Waals surface area contributed by atoms with E-state index in [4.69, 9.17) is 14.2 Å². The largest absolute Gasteiger partial charge is 0.394 e. The quantitative estimate of drug-likeness (QED) is 0.639. The van der Waals surface area contributed by atoms with E-state index < -0.39 is 29.7 Å². The van der Waals surface area contributed by atoms with E-state index in [9.17, 15) is 15.3 Å². The zero-order valence-corrected chi connectivity index (χ0v) is 14.0. The maximum atomic E-state index is 10.6. The van der Waals surface area contributed by atoms with Crippen molar-refractivity contribution < 1.29 is 29.5 Å². The van der Waals surface area contributed by atoms with Gasteiger partial charge in [-0.1, -0.05) is 27.7 Å². The fraction of sp³-hybridized carbons (Fsp3) is 1.00. The summed E-state index contributed by atoms with van der Waals surface area (Å²) in [5, 5.41) is 30.8. The summed E-state index contributed by atoms with van der Waals surface area (Å²) in [5.41, 5.74) is -1.07. The lowest BCUT2D eigenvalue weighted by Gasteiger charge is -2.60. The average Bonchev–Trinajstić information content (AvgIpc) is 2.48. The molecular weight excluding hydrogens is 288 g/mol. The predicted octanol–water partition coefficient (Wildman–Crippen LogP) is 0.673. The molecule has 3 rings (SSSR count). The molecule has 0 spiro atoms. The van der Waals surface area contributed by atoms with E-state index in [1.165, 1.54) is 0 Å². The van der Waals surface area contributed by atoms with E-state index in [0.29, 0.717) is 26.1 Å². The van der Waals surface area contributed by atoms with Crippen LogP contribution in [0.3, 0.4) is 0 Å². The van der Waals surface area contributed by atoms with Crippen molar-refractivity contribution in [3.8, 4) is 0 Å². The first-order valence-corrected chi connectivity index (χ1v) is 8.20. The molecule has 3 fully saturated rings. The average molecular weight is 318 g/mol. The van der Waals surface area contributed by atoms with Crippen molar-refractivity contribution in [3.63, 3.8) is 0 Å². The highest BCUT2D eigenvalue weighted by molar-refractivity contribution is 5.13. The number of fused-ring (bicyclic) bond motifs is 3. The number of hydrogen-bond acceptors (Lipinski definition) is 6. The molecule has 6 heteroatoms. The minimum Gasteiger partial charge on any atom is -0.394 e. The molecule has 1 aliphatic carbocycles. The minimum absolute atomic E-state index is 0.278. The van der Waals surface area contributed by atoms with Crippen molar-refractivity contribution in [1.29, 1.82) is 0 Å². The molecule has 6 nitrogen and oxygen atoms in total. The second-order valence-corrected chi connectivity index (χ2v) is 7.36. The minimum atomic E-state index is -1.25. The van der Waals surface area contributed by atoms with Crippen LogP contribution in [-0.4, -0.2) is 64.8 Å². The third kappa shape index (κ3) is 3.05. The van der Waals surface area contributed by atoms with Crippen molar-refractivity contribution in [3.05, 3.63) is 0 Å². The number of aliphatic hydroxyl groups is 3. The lowest BCUT2D eigenvalue weighted by molar-refractivity contribution is -0.424. The van der Waals surface area contributed by atoms with Gasteiger partial charge in [0, 0.05) is 13.0 Å². The maximum absolute atomic E-state index is 10.6. The van der Waals surface area contributed by atoms with E-state index >= 15 is 0 Å². The lowest BCUT2D eigenvalue weighted by Crippen LogP contribution is -2.77. The smallest absolute Gasteiger partial charge is 0.197 e. The second-order valence-electron chi connectivity index (χ2n) is 7.36. The summed E-state index contributed by atoms with van der Waals surface area (Å²) in [4.78, 5) is 0. The number of hydrogen-bond donors (Lipinski definition) is 3. The topological polar surface area (TPSA) is 88.4 Å². The Morgan fingerprint density at radius 3 is 2.14 bits per heavy atom. The van der Waals surface area contributed by atoms with Gasteiger partial charge in [0.25, 0.3) is 0 Å². The molecule has 0 aromatic carbocycles. The van der Waals surface area contributed by atoms with Crippen molar-refractivity contribution in [2.75, 3.05) is 19.8 Å². The molecule has 0 radical (unpaired) electrons. The molecule has 130 valence electrons. The molecule has 5 unspecified atom stereocenters. The molecule has 2 aliphatic heterocycles. The maximum Gasteiger partial charge on any atom is 0.197 e. The predicted molar refractivity (Wildman–Crippen MR) is 80.2 cm³/mol. The van der Waals surface area contributed by atoms with Crippen LogP contribution in [-0.2, 0) is 14.2 Å². The Labute approximate surface area is 132 Å². The fourth-order valence-corrected chi connectivity index (χ4v) is 3.26. The molecule has 0 amide bonds. The van der Waals surface area contributed by atoms with Crippen molar-refractivity contribution >= 4 is 0 Å². The van der Waals surface area contributed by atoms with Crippen LogP contribution >= 0.6 is 0 Å². The first-order valence-electron chi connectivity index (χ1n) is 8.20. The zero-order valence-electron chi connectivity index (χ0n) is 14.0. The van der Waals surface area contributed by atoms with Crippen LogP contribution in [0.25, 0.3) is 0 Å². The summed E-state index contributed by atoms with van der Waals surface area (Å²) in [6.45, 7) is 8.60. The van der Waals surface area contributed by atoms with E-state index in [1.54, 1.807) is 0 Å². The third-order valence-corrected chi connectivity index (χ3v) is 4.51. The number of rotatable bonds is 7. The molecule has 22 heavy (non-hydrogen) atoms. The van der Waals surface area contributed by atoms with Gasteiger partial charge >= 0.3 is 0 Å². The van der Waals surface area contributed by atoms with E-state index in [-0.39, 0.29) is 18.4 Å². The number of ether oxygens (including phenoxy) is 3.